The van der Waals surface area contributed by atoms with Crippen LogP contribution in [-0.4, -0.2) is 24.4 Å². The predicted octanol–water partition coefficient (Wildman–Crippen LogP) is 3.42. The molecule has 12 heteroatoms. The van der Waals surface area contributed by atoms with Crippen molar-refractivity contribution in [2.75, 3.05) is 13.1 Å². The van der Waals surface area contributed by atoms with Crippen LogP contribution in [0, 0.1) is 91.7 Å². The first kappa shape index (κ1) is 25.7. The van der Waals surface area contributed by atoms with Crippen molar-refractivity contribution in [1.82, 2.24) is 0 Å². The van der Waals surface area contributed by atoms with E-state index in [4.69, 9.17) is 10.5 Å². The zero-order valence-corrected chi connectivity index (χ0v) is 17.1. The molecule has 0 aromatic rings. The smallest absolute Gasteiger partial charge is 0.198 e. The Morgan fingerprint density at radius 1 is 0.567 bits per heavy atom. The highest BCUT2D eigenvalue weighted by molar-refractivity contribution is 5.17. The molecular weight excluding hydrogens is 384 g/mol. The van der Waals surface area contributed by atoms with Crippen molar-refractivity contribution in [3.05, 3.63) is 0 Å². The fourth-order valence-electron chi connectivity index (χ4n) is 1.63. The van der Waals surface area contributed by atoms with E-state index in [2.05, 4.69) is 30.7 Å². The van der Waals surface area contributed by atoms with Crippen molar-refractivity contribution in [3.63, 3.8) is 0 Å². The summed E-state index contributed by atoms with van der Waals surface area (Å²) in [7, 11) is 0. The topological polar surface area (TPSA) is 217 Å². The molecule has 0 amide bonds. The van der Waals surface area contributed by atoms with E-state index < -0.39 is 35.0 Å². The number of hydrogen-bond donors (Lipinski definition) is 0. The molecule has 0 fully saturated rings. The first-order valence-electron chi connectivity index (χ1n) is 8.83. The summed E-state index contributed by atoms with van der Waals surface area (Å²) in [6.45, 7) is 5.87. The molecule has 152 valence electrons. The standard InChI is InChI=1S/C18H20N12/c1-13(5-19)9-25-27-17(11-23,15(3)7-21)29-30-18(12-24,16(4)8-22)28-26-10-14(2)6-20/h13-16H,9-10H2,1-4H3. The lowest BCUT2D eigenvalue weighted by Gasteiger charge is -2.21. The first-order chi connectivity index (χ1) is 14.2. The van der Waals surface area contributed by atoms with Crippen molar-refractivity contribution in [2.24, 2.45) is 54.4 Å². The molecular formula is C18H20N12. The second-order valence-electron chi connectivity index (χ2n) is 6.49. The van der Waals surface area contributed by atoms with Gasteiger partial charge in [0.05, 0.1) is 49.2 Å². The third-order valence-electron chi connectivity index (χ3n) is 3.88. The molecule has 0 aliphatic heterocycles. The molecule has 30 heavy (non-hydrogen) atoms. The normalized spacial score (nSPS) is 19.0. The van der Waals surface area contributed by atoms with Crippen LogP contribution >= 0.6 is 0 Å². The summed E-state index contributed by atoms with van der Waals surface area (Å²) in [4.78, 5) is 0. The van der Waals surface area contributed by atoms with E-state index in [-0.39, 0.29) is 13.1 Å². The average Bonchev–Trinajstić information content (AvgIpc) is 2.78. The van der Waals surface area contributed by atoms with Gasteiger partial charge in [0, 0.05) is 0 Å². The molecule has 6 unspecified atom stereocenters. The van der Waals surface area contributed by atoms with E-state index in [9.17, 15) is 21.0 Å². The highest BCUT2D eigenvalue weighted by Gasteiger charge is 2.43. The minimum Gasteiger partial charge on any atom is -0.198 e. The molecule has 0 heterocycles. The molecule has 0 aromatic heterocycles. The van der Waals surface area contributed by atoms with E-state index in [1.807, 2.05) is 24.3 Å². The van der Waals surface area contributed by atoms with E-state index >= 15 is 0 Å². The zero-order chi connectivity index (χ0) is 23.2. The van der Waals surface area contributed by atoms with Crippen molar-refractivity contribution in [2.45, 2.75) is 39.0 Å². The molecule has 0 aliphatic carbocycles. The van der Waals surface area contributed by atoms with Crippen LogP contribution in [0.15, 0.2) is 30.7 Å². The van der Waals surface area contributed by atoms with Crippen LogP contribution in [0.1, 0.15) is 27.7 Å². The highest BCUT2D eigenvalue weighted by Crippen LogP contribution is 2.30. The number of nitrogens with zero attached hydrogens (tertiary/aromatic N) is 12. The SMILES string of the molecule is CC(C#N)CN=NC(C#N)(N=NC(C#N)(N=NCC(C)C#N)C(C)C#N)C(C)C#N. The van der Waals surface area contributed by atoms with Crippen LogP contribution in [0.4, 0.5) is 0 Å². The molecule has 0 rings (SSSR count). The Kier molecular flexibility index (Phi) is 10.5. The molecule has 12 nitrogen and oxygen atoms in total. The summed E-state index contributed by atoms with van der Waals surface area (Å²) in [6, 6.07) is 11.1. The quantitative estimate of drug-likeness (QED) is 0.496. The van der Waals surface area contributed by atoms with Crippen molar-refractivity contribution in [1.29, 1.82) is 31.6 Å². The van der Waals surface area contributed by atoms with Crippen LogP contribution in [0.5, 0.6) is 0 Å². The van der Waals surface area contributed by atoms with Crippen LogP contribution in [0.3, 0.4) is 0 Å². The molecule has 0 radical (unpaired) electrons. The summed E-state index contributed by atoms with van der Waals surface area (Å²) in [5.74, 6) is -3.19. The molecule has 0 aliphatic rings. The number of azo groups is 3. The molecule has 0 N–H and O–H groups in total. The van der Waals surface area contributed by atoms with Gasteiger partial charge in [0.25, 0.3) is 11.3 Å². The summed E-state index contributed by atoms with van der Waals surface area (Å²) in [5, 5.41) is 78.2. The zero-order valence-electron chi connectivity index (χ0n) is 17.1. The van der Waals surface area contributed by atoms with Gasteiger partial charge in [-0.3, -0.25) is 0 Å². The lowest BCUT2D eigenvalue weighted by Crippen LogP contribution is -2.33. The van der Waals surface area contributed by atoms with E-state index in [1.54, 1.807) is 26.0 Å². The predicted molar refractivity (Wildman–Crippen MR) is 100 cm³/mol. The Bertz CT molecular complexity index is 849. The Balaban J connectivity index is 6.30. The second-order valence-corrected chi connectivity index (χ2v) is 6.49. The number of nitriles is 6. The Morgan fingerprint density at radius 2 is 0.900 bits per heavy atom. The molecule has 0 saturated heterocycles. The molecule has 0 bridgehead atoms. The van der Waals surface area contributed by atoms with E-state index in [1.165, 1.54) is 13.8 Å². The molecule has 6 atom stereocenters. The summed E-state index contributed by atoms with van der Waals surface area (Å²) < 4.78 is 0. The van der Waals surface area contributed by atoms with Crippen LogP contribution in [0.25, 0.3) is 0 Å². The van der Waals surface area contributed by atoms with Crippen LogP contribution in [-0.2, 0) is 0 Å². The van der Waals surface area contributed by atoms with Gasteiger partial charge in [-0.1, -0.05) is 0 Å². The second kappa shape index (κ2) is 12.2. The third kappa shape index (κ3) is 6.72. The van der Waals surface area contributed by atoms with Gasteiger partial charge in [-0.25, -0.2) is 0 Å². The largest absolute Gasteiger partial charge is 0.290 e. The minimum absolute atomic E-state index is 0.0304. The van der Waals surface area contributed by atoms with Gasteiger partial charge in [0.15, 0.2) is 0 Å². The Hall–Kier alpha value is -4.26. The monoisotopic (exact) mass is 404 g/mol. The maximum atomic E-state index is 9.63. The highest BCUT2D eigenvalue weighted by atomic mass is 15.4. The van der Waals surface area contributed by atoms with Gasteiger partial charge in [-0.05, 0) is 27.7 Å². The van der Waals surface area contributed by atoms with Gasteiger partial charge in [-0.15, -0.1) is 20.5 Å². The van der Waals surface area contributed by atoms with Gasteiger partial charge < -0.3 is 0 Å². The Labute approximate surface area is 175 Å². The molecule has 0 aromatic carbocycles. The average molecular weight is 404 g/mol. The fraction of sp³-hybridized carbons (Fsp3) is 0.667. The summed E-state index contributed by atoms with van der Waals surface area (Å²) >= 11 is 0. The maximum Gasteiger partial charge on any atom is 0.290 e. The van der Waals surface area contributed by atoms with Crippen molar-refractivity contribution < 1.29 is 0 Å². The molecule has 0 spiro atoms. The van der Waals surface area contributed by atoms with Crippen LogP contribution in [0.2, 0.25) is 0 Å². The molecule has 0 saturated carbocycles. The van der Waals surface area contributed by atoms with Gasteiger partial charge in [0.2, 0.25) is 0 Å². The lowest BCUT2D eigenvalue weighted by atomic mass is 9.98. The fourth-order valence-corrected chi connectivity index (χ4v) is 1.63. The number of rotatable bonds is 10. The van der Waals surface area contributed by atoms with Gasteiger partial charge >= 0.3 is 0 Å². The lowest BCUT2D eigenvalue weighted by molar-refractivity contribution is 0.356. The Morgan fingerprint density at radius 3 is 1.13 bits per heavy atom. The van der Waals surface area contributed by atoms with Gasteiger partial charge in [0.1, 0.15) is 24.0 Å². The van der Waals surface area contributed by atoms with E-state index in [0.717, 1.165) is 0 Å². The van der Waals surface area contributed by atoms with Crippen LogP contribution < -0.4 is 0 Å². The minimum atomic E-state index is -2.10. The maximum absolute atomic E-state index is 9.63. The van der Waals surface area contributed by atoms with Crippen molar-refractivity contribution >= 4 is 0 Å². The first-order valence-corrected chi connectivity index (χ1v) is 8.83. The third-order valence-corrected chi connectivity index (χ3v) is 3.88. The van der Waals surface area contributed by atoms with Gasteiger partial charge in [-0.2, -0.15) is 41.8 Å². The van der Waals surface area contributed by atoms with E-state index in [0.29, 0.717) is 0 Å². The number of hydrogen-bond acceptors (Lipinski definition) is 12. The summed E-state index contributed by atoms with van der Waals surface area (Å²) in [5.41, 5.74) is -4.20. The van der Waals surface area contributed by atoms with Crippen molar-refractivity contribution in [3.8, 4) is 36.4 Å². The summed E-state index contributed by atoms with van der Waals surface area (Å²) in [6.07, 6.45) is 0.